The molecular formula is C19H23ClN2. The Bertz CT molecular complexity index is 622. The summed E-state index contributed by atoms with van der Waals surface area (Å²) in [6, 6.07) is 17.2. The molecule has 1 atom stereocenters. The van der Waals surface area contributed by atoms with E-state index in [1.165, 1.54) is 35.3 Å². The topological polar surface area (TPSA) is 6.48 Å². The van der Waals surface area contributed by atoms with Gasteiger partial charge in [0.15, 0.2) is 0 Å². The Balaban J connectivity index is 1.73. The molecule has 22 heavy (non-hydrogen) atoms. The van der Waals surface area contributed by atoms with Crippen LogP contribution >= 0.6 is 11.6 Å². The van der Waals surface area contributed by atoms with Gasteiger partial charge in [-0.25, -0.2) is 0 Å². The quantitative estimate of drug-likeness (QED) is 0.767. The van der Waals surface area contributed by atoms with E-state index in [-0.39, 0.29) is 5.38 Å². The van der Waals surface area contributed by atoms with Crippen LogP contribution in [-0.2, 0) is 6.42 Å². The van der Waals surface area contributed by atoms with Gasteiger partial charge in [0, 0.05) is 38.6 Å². The van der Waals surface area contributed by atoms with Gasteiger partial charge in [-0.05, 0) is 42.2 Å². The lowest BCUT2D eigenvalue weighted by Crippen LogP contribution is -2.32. The van der Waals surface area contributed by atoms with Crippen LogP contribution in [0.3, 0.4) is 0 Å². The van der Waals surface area contributed by atoms with Crippen molar-refractivity contribution in [1.29, 1.82) is 0 Å². The smallest absolute Gasteiger partial charge is 0.0760 e. The summed E-state index contributed by atoms with van der Waals surface area (Å²) >= 11 is 6.68. The van der Waals surface area contributed by atoms with E-state index < -0.39 is 0 Å². The maximum absolute atomic E-state index is 6.68. The largest absolute Gasteiger partial charge is 0.378 e. The van der Waals surface area contributed by atoms with Crippen molar-refractivity contribution in [3.05, 3.63) is 59.7 Å². The SMILES string of the molecule is CN(C)c1ccc(C(Cl)CN2CCCc3ccccc32)cc1. The molecule has 2 aromatic rings. The first kappa shape index (κ1) is 15.2. The molecule has 0 saturated carbocycles. The minimum Gasteiger partial charge on any atom is -0.378 e. The van der Waals surface area contributed by atoms with Crippen LogP contribution in [0.1, 0.15) is 22.9 Å². The molecule has 3 heteroatoms. The minimum absolute atomic E-state index is 0.0161. The fourth-order valence-corrected chi connectivity index (χ4v) is 3.39. The molecular weight excluding hydrogens is 292 g/mol. The van der Waals surface area contributed by atoms with Crippen LogP contribution in [0.2, 0.25) is 0 Å². The van der Waals surface area contributed by atoms with E-state index in [0.717, 1.165) is 13.1 Å². The van der Waals surface area contributed by atoms with Gasteiger partial charge in [0.2, 0.25) is 0 Å². The molecule has 1 aliphatic heterocycles. The monoisotopic (exact) mass is 314 g/mol. The molecule has 1 heterocycles. The Hall–Kier alpha value is -1.67. The first-order valence-electron chi connectivity index (χ1n) is 7.89. The molecule has 2 aromatic carbocycles. The van der Waals surface area contributed by atoms with E-state index in [4.69, 9.17) is 11.6 Å². The molecule has 0 saturated heterocycles. The van der Waals surface area contributed by atoms with Crippen molar-refractivity contribution in [2.24, 2.45) is 0 Å². The summed E-state index contributed by atoms with van der Waals surface area (Å²) in [7, 11) is 4.11. The number of fused-ring (bicyclic) bond motifs is 1. The van der Waals surface area contributed by atoms with Gasteiger partial charge >= 0.3 is 0 Å². The van der Waals surface area contributed by atoms with Gasteiger partial charge in [0.1, 0.15) is 0 Å². The first-order chi connectivity index (χ1) is 10.6. The highest BCUT2D eigenvalue weighted by Gasteiger charge is 2.19. The highest BCUT2D eigenvalue weighted by Crippen LogP contribution is 2.31. The highest BCUT2D eigenvalue weighted by molar-refractivity contribution is 6.21. The molecule has 2 nitrogen and oxygen atoms in total. The zero-order valence-corrected chi connectivity index (χ0v) is 14.1. The third kappa shape index (κ3) is 3.22. The first-order valence-corrected chi connectivity index (χ1v) is 8.33. The van der Waals surface area contributed by atoms with Gasteiger partial charge in [-0.15, -0.1) is 11.6 Å². The standard InChI is InChI=1S/C19H23ClN2/c1-21(2)17-11-9-15(10-12-17)18(20)14-22-13-5-7-16-6-3-4-8-19(16)22/h3-4,6,8-12,18H,5,7,13-14H2,1-2H3. The number of benzene rings is 2. The second-order valence-electron chi connectivity index (χ2n) is 6.13. The lowest BCUT2D eigenvalue weighted by atomic mass is 10.0. The third-order valence-electron chi connectivity index (χ3n) is 4.36. The molecule has 0 aromatic heterocycles. The number of hydrogen-bond acceptors (Lipinski definition) is 2. The van der Waals surface area contributed by atoms with Crippen molar-refractivity contribution in [3.8, 4) is 0 Å². The van der Waals surface area contributed by atoms with E-state index in [9.17, 15) is 0 Å². The third-order valence-corrected chi connectivity index (χ3v) is 4.75. The zero-order valence-electron chi connectivity index (χ0n) is 13.3. The van der Waals surface area contributed by atoms with Gasteiger partial charge in [-0.1, -0.05) is 30.3 Å². The van der Waals surface area contributed by atoms with Crippen LogP contribution < -0.4 is 9.80 Å². The van der Waals surface area contributed by atoms with Crippen molar-refractivity contribution >= 4 is 23.0 Å². The van der Waals surface area contributed by atoms with E-state index in [0.29, 0.717) is 0 Å². The molecule has 0 fully saturated rings. The number of para-hydroxylation sites is 1. The van der Waals surface area contributed by atoms with E-state index in [2.05, 4.69) is 72.4 Å². The van der Waals surface area contributed by atoms with Gasteiger partial charge in [-0.3, -0.25) is 0 Å². The van der Waals surface area contributed by atoms with Gasteiger partial charge in [-0.2, -0.15) is 0 Å². The molecule has 3 rings (SSSR count). The summed E-state index contributed by atoms with van der Waals surface area (Å²) in [5.41, 5.74) is 5.19. The van der Waals surface area contributed by atoms with Crippen LogP contribution in [0.15, 0.2) is 48.5 Å². The average Bonchev–Trinajstić information content (AvgIpc) is 2.55. The van der Waals surface area contributed by atoms with Crippen molar-refractivity contribution < 1.29 is 0 Å². The molecule has 116 valence electrons. The molecule has 1 unspecified atom stereocenters. The molecule has 0 radical (unpaired) electrons. The lowest BCUT2D eigenvalue weighted by Gasteiger charge is -2.33. The fraction of sp³-hybridized carbons (Fsp3) is 0.368. The predicted molar refractivity (Wildman–Crippen MR) is 96.3 cm³/mol. The van der Waals surface area contributed by atoms with E-state index in [1.54, 1.807) is 0 Å². The summed E-state index contributed by atoms with van der Waals surface area (Å²) in [5, 5.41) is 0.0161. The molecule has 1 aliphatic rings. The van der Waals surface area contributed by atoms with Crippen LogP contribution in [-0.4, -0.2) is 27.2 Å². The zero-order chi connectivity index (χ0) is 15.5. The number of halogens is 1. The molecule has 0 spiro atoms. The van der Waals surface area contributed by atoms with Crippen molar-refractivity contribution in [3.63, 3.8) is 0 Å². The second kappa shape index (κ2) is 6.62. The molecule has 0 amide bonds. The van der Waals surface area contributed by atoms with Crippen LogP contribution in [0.4, 0.5) is 11.4 Å². The summed E-state index contributed by atoms with van der Waals surface area (Å²) < 4.78 is 0. The van der Waals surface area contributed by atoms with Gasteiger partial charge < -0.3 is 9.80 Å². The molecule has 0 bridgehead atoms. The molecule has 0 aliphatic carbocycles. The fourth-order valence-electron chi connectivity index (χ4n) is 3.08. The maximum atomic E-state index is 6.68. The predicted octanol–water partition coefficient (Wildman–Crippen LogP) is 4.49. The maximum Gasteiger partial charge on any atom is 0.0760 e. The van der Waals surface area contributed by atoms with Crippen LogP contribution in [0.5, 0.6) is 0 Å². The summed E-state index contributed by atoms with van der Waals surface area (Å²) in [6.45, 7) is 1.95. The Morgan fingerprint density at radius 2 is 1.82 bits per heavy atom. The summed E-state index contributed by atoms with van der Waals surface area (Å²) in [4.78, 5) is 4.53. The van der Waals surface area contributed by atoms with E-state index >= 15 is 0 Å². The average molecular weight is 315 g/mol. The van der Waals surface area contributed by atoms with Gasteiger partial charge in [0.25, 0.3) is 0 Å². The number of rotatable bonds is 4. The highest BCUT2D eigenvalue weighted by atomic mass is 35.5. The summed E-state index contributed by atoms with van der Waals surface area (Å²) in [5.74, 6) is 0. The Morgan fingerprint density at radius 1 is 1.09 bits per heavy atom. The second-order valence-corrected chi connectivity index (χ2v) is 6.66. The van der Waals surface area contributed by atoms with Crippen molar-refractivity contribution in [1.82, 2.24) is 0 Å². The van der Waals surface area contributed by atoms with Crippen molar-refractivity contribution in [2.45, 2.75) is 18.2 Å². The number of aryl methyl sites for hydroxylation is 1. The molecule has 0 N–H and O–H groups in total. The number of alkyl halides is 1. The Labute approximate surface area is 138 Å². The lowest BCUT2D eigenvalue weighted by molar-refractivity contribution is 0.681. The van der Waals surface area contributed by atoms with Crippen LogP contribution in [0, 0.1) is 0 Å². The minimum atomic E-state index is 0.0161. The number of hydrogen-bond donors (Lipinski definition) is 0. The number of nitrogens with zero attached hydrogens (tertiary/aromatic N) is 2. The van der Waals surface area contributed by atoms with Crippen LogP contribution in [0.25, 0.3) is 0 Å². The Morgan fingerprint density at radius 3 is 2.55 bits per heavy atom. The summed E-state index contributed by atoms with van der Waals surface area (Å²) in [6.07, 6.45) is 2.39. The van der Waals surface area contributed by atoms with Gasteiger partial charge in [0.05, 0.1) is 5.38 Å². The van der Waals surface area contributed by atoms with Crippen molar-refractivity contribution in [2.75, 3.05) is 37.0 Å². The normalized spacial score (nSPS) is 15.3. The Kier molecular flexibility index (Phi) is 4.58. The van der Waals surface area contributed by atoms with E-state index in [1.807, 2.05) is 0 Å². The number of anilines is 2.